The van der Waals surface area contributed by atoms with Gasteiger partial charge in [0, 0.05) is 5.69 Å². The molecule has 1 saturated heterocycles. The molecule has 1 unspecified atom stereocenters. The van der Waals surface area contributed by atoms with E-state index in [9.17, 15) is 48.7 Å². The van der Waals surface area contributed by atoms with E-state index in [2.05, 4.69) is 4.74 Å². The van der Waals surface area contributed by atoms with Crippen LogP contribution in [0, 0.1) is 5.82 Å². The van der Waals surface area contributed by atoms with E-state index in [1.165, 1.54) is 0 Å². The molecule has 1 amide bonds. The highest BCUT2D eigenvalue weighted by atomic mass is 19.4. The molecular weight excluding hydrogens is 380 g/mol. The van der Waals surface area contributed by atoms with Gasteiger partial charge in [-0.3, -0.25) is 9.53 Å². The summed E-state index contributed by atoms with van der Waals surface area (Å²) in [6.45, 7) is 0. The fourth-order valence-corrected chi connectivity index (χ4v) is 1.84. The van der Waals surface area contributed by atoms with Crippen LogP contribution in [-0.2, 0) is 9.53 Å². The smallest absolute Gasteiger partial charge is 0.321 e. The molecule has 0 radical (unpaired) electrons. The van der Waals surface area contributed by atoms with Crippen LogP contribution >= 0.6 is 0 Å². The Hall–Kier alpha value is -2.05. The highest BCUT2D eigenvalue weighted by molar-refractivity contribution is 5.97. The van der Waals surface area contributed by atoms with Gasteiger partial charge in [0.1, 0.15) is 5.82 Å². The molecule has 1 heterocycles. The van der Waals surface area contributed by atoms with E-state index in [1.807, 2.05) is 0 Å². The van der Waals surface area contributed by atoms with Crippen LogP contribution in [0.3, 0.4) is 0 Å². The van der Waals surface area contributed by atoms with E-state index in [0.29, 0.717) is 24.3 Å². The second-order valence-electron chi connectivity index (χ2n) is 4.90. The van der Waals surface area contributed by atoms with Gasteiger partial charge in [-0.25, -0.2) is 4.39 Å². The van der Waals surface area contributed by atoms with Gasteiger partial charge in [-0.2, -0.15) is 39.5 Å². The SMILES string of the molecule is O=C(Nc1ccc(F)cc1)C(F)(F)C1(F)OC(F)(F)C(F)(F)C1(F)F. The van der Waals surface area contributed by atoms with Crippen molar-refractivity contribution in [3.63, 3.8) is 0 Å². The molecule has 2 rings (SSSR count). The molecule has 1 aliphatic heterocycles. The number of hydrogen-bond donors (Lipinski definition) is 1. The first-order chi connectivity index (χ1) is 11.1. The van der Waals surface area contributed by atoms with Gasteiger partial charge in [0.05, 0.1) is 0 Å². The molecule has 0 aliphatic carbocycles. The van der Waals surface area contributed by atoms with Gasteiger partial charge in [0.2, 0.25) is 0 Å². The van der Waals surface area contributed by atoms with Crippen molar-refractivity contribution in [3.8, 4) is 0 Å². The molecular formula is C12H5F10NO2. The van der Waals surface area contributed by atoms with Crippen LogP contribution in [0.15, 0.2) is 24.3 Å². The minimum Gasteiger partial charge on any atom is -0.321 e. The van der Waals surface area contributed by atoms with Crippen LogP contribution in [0.25, 0.3) is 0 Å². The fraction of sp³-hybridized carbons (Fsp3) is 0.417. The predicted molar refractivity (Wildman–Crippen MR) is 59.7 cm³/mol. The van der Waals surface area contributed by atoms with E-state index in [1.54, 1.807) is 0 Å². The topological polar surface area (TPSA) is 38.3 Å². The second-order valence-corrected chi connectivity index (χ2v) is 4.90. The number of carbonyl (C=O) groups is 1. The summed E-state index contributed by atoms with van der Waals surface area (Å²) in [5, 5.41) is 1.11. The van der Waals surface area contributed by atoms with Crippen molar-refractivity contribution in [2.45, 2.75) is 29.7 Å². The zero-order valence-electron chi connectivity index (χ0n) is 11.4. The van der Waals surface area contributed by atoms with Gasteiger partial charge in [-0.05, 0) is 24.3 Å². The van der Waals surface area contributed by atoms with E-state index < -0.39 is 47.1 Å². The highest BCUT2D eigenvalue weighted by Crippen LogP contribution is 2.64. The van der Waals surface area contributed by atoms with Gasteiger partial charge < -0.3 is 5.32 Å². The predicted octanol–water partition coefficient (Wildman–Crippen LogP) is 3.96. The Morgan fingerprint density at radius 1 is 0.920 bits per heavy atom. The summed E-state index contributed by atoms with van der Waals surface area (Å²) < 4.78 is 134. The Kier molecular flexibility index (Phi) is 4.03. The highest BCUT2D eigenvalue weighted by Gasteiger charge is 2.96. The lowest BCUT2D eigenvalue weighted by molar-refractivity contribution is -0.366. The number of hydrogen-bond acceptors (Lipinski definition) is 2. The first-order valence-electron chi connectivity index (χ1n) is 6.07. The second kappa shape index (κ2) is 5.22. The van der Waals surface area contributed by atoms with Crippen LogP contribution in [0.2, 0.25) is 0 Å². The number of anilines is 1. The first kappa shape index (κ1) is 19.3. The van der Waals surface area contributed by atoms with Gasteiger partial charge >= 0.3 is 35.6 Å². The quantitative estimate of drug-likeness (QED) is 0.801. The molecule has 0 bridgehead atoms. The number of ether oxygens (including phenoxy) is 1. The molecule has 0 aromatic heterocycles. The average molecular weight is 385 g/mol. The van der Waals surface area contributed by atoms with Gasteiger partial charge in [-0.1, -0.05) is 0 Å². The van der Waals surface area contributed by atoms with Crippen LogP contribution in [0.5, 0.6) is 0 Å². The molecule has 1 atom stereocenters. The lowest BCUT2D eigenvalue weighted by Crippen LogP contribution is -2.63. The van der Waals surface area contributed by atoms with Crippen molar-refractivity contribution in [1.82, 2.24) is 0 Å². The number of alkyl halides is 9. The van der Waals surface area contributed by atoms with E-state index in [-0.39, 0.29) is 0 Å². The summed E-state index contributed by atoms with van der Waals surface area (Å²) in [4.78, 5) is 11.3. The van der Waals surface area contributed by atoms with Gasteiger partial charge in [0.15, 0.2) is 0 Å². The molecule has 1 aliphatic rings. The number of amides is 1. The zero-order valence-corrected chi connectivity index (χ0v) is 11.4. The summed E-state index contributed by atoms with van der Waals surface area (Å²) in [6.07, 6.45) is -6.31. The fourth-order valence-electron chi connectivity index (χ4n) is 1.84. The summed E-state index contributed by atoms with van der Waals surface area (Å²) in [6, 6.07) is 2.49. The third-order valence-corrected chi connectivity index (χ3v) is 3.22. The van der Waals surface area contributed by atoms with E-state index in [4.69, 9.17) is 0 Å². The zero-order chi connectivity index (χ0) is 19.5. The maximum absolute atomic E-state index is 13.9. The Bertz CT molecular complexity index is 690. The lowest BCUT2D eigenvalue weighted by Gasteiger charge is -2.31. The largest absolute Gasteiger partial charge is 0.428 e. The van der Waals surface area contributed by atoms with Crippen molar-refractivity contribution in [3.05, 3.63) is 30.1 Å². The molecule has 3 nitrogen and oxygen atoms in total. The summed E-state index contributed by atoms with van der Waals surface area (Å²) in [5.74, 6) is -29.8. The Morgan fingerprint density at radius 3 is 1.80 bits per heavy atom. The first-order valence-corrected chi connectivity index (χ1v) is 6.07. The monoisotopic (exact) mass is 385 g/mol. The molecule has 13 heteroatoms. The Labute approximate surface area is 131 Å². The maximum atomic E-state index is 13.9. The van der Waals surface area contributed by atoms with Crippen molar-refractivity contribution < 1.29 is 53.4 Å². The Morgan fingerprint density at radius 2 is 1.40 bits per heavy atom. The number of benzene rings is 1. The molecule has 1 fully saturated rings. The minimum atomic E-state index is -6.76. The van der Waals surface area contributed by atoms with Crippen LogP contribution in [0.1, 0.15) is 0 Å². The minimum absolute atomic E-state index is 0.613. The number of halogens is 10. The molecule has 25 heavy (non-hydrogen) atoms. The number of nitrogens with one attached hydrogen (secondary N) is 1. The number of rotatable bonds is 3. The van der Waals surface area contributed by atoms with Crippen molar-refractivity contribution in [2.75, 3.05) is 5.32 Å². The van der Waals surface area contributed by atoms with Crippen LogP contribution in [-0.4, -0.2) is 35.6 Å². The molecule has 1 aromatic rings. The van der Waals surface area contributed by atoms with Crippen LogP contribution < -0.4 is 5.32 Å². The molecule has 0 saturated carbocycles. The van der Waals surface area contributed by atoms with Crippen molar-refractivity contribution >= 4 is 11.6 Å². The van der Waals surface area contributed by atoms with Crippen molar-refractivity contribution in [2.24, 2.45) is 0 Å². The lowest BCUT2D eigenvalue weighted by atomic mass is 9.99. The average Bonchev–Trinajstić information content (AvgIpc) is 2.57. The summed E-state index contributed by atoms with van der Waals surface area (Å²) in [5.41, 5.74) is -0.686. The van der Waals surface area contributed by atoms with Crippen molar-refractivity contribution in [1.29, 1.82) is 0 Å². The normalized spacial score (nSPS) is 27.1. The molecule has 1 N–H and O–H groups in total. The number of carbonyl (C=O) groups excluding carboxylic acids is 1. The van der Waals surface area contributed by atoms with Gasteiger partial charge in [0.25, 0.3) is 0 Å². The molecule has 0 spiro atoms. The van der Waals surface area contributed by atoms with E-state index in [0.717, 1.165) is 5.32 Å². The Balaban J connectivity index is 2.40. The maximum Gasteiger partial charge on any atom is 0.428 e. The molecule has 1 aromatic carbocycles. The van der Waals surface area contributed by atoms with E-state index >= 15 is 0 Å². The third kappa shape index (κ3) is 2.43. The standard InChI is InChI=1S/C12H5F10NO2/c13-5-1-3-6(4-2-5)23-7(24)8(14,15)11(20)9(16,17)10(18,19)12(21,22)25-11/h1-4H,(H,23,24). The summed E-state index contributed by atoms with van der Waals surface area (Å²) >= 11 is 0. The third-order valence-electron chi connectivity index (χ3n) is 3.22. The summed E-state index contributed by atoms with van der Waals surface area (Å²) in [7, 11) is 0. The van der Waals surface area contributed by atoms with Gasteiger partial charge in [-0.15, -0.1) is 0 Å². The molecule has 140 valence electrons. The van der Waals surface area contributed by atoms with Crippen LogP contribution in [0.4, 0.5) is 49.6 Å².